The van der Waals surface area contributed by atoms with E-state index in [1.54, 1.807) is 0 Å². The fourth-order valence-electron chi connectivity index (χ4n) is 4.02. The minimum Gasteiger partial charge on any atom is -0.490 e. The Hall–Kier alpha value is -1.06. The molecule has 2 atom stereocenters. The summed E-state index contributed by atoms with van der Waals surface area (Å²) in [6.07, 6.45) is 8.64. The van der Waals surface area contributed by atoms with Gasteiger partial charge in [0.05, 0.1) is 18.3 Å². The van der Waals surface area contributed by atoms with Gasteiger partial charge in [0, 0.05) is 12.8 Å². The van der Waals surface area contributed by atoms with Crippen LogP contribution in [0.2, 0.25) is 0 Å². The van der Waals surface area contributed by atoms with Gasteiger partial charge in [-0.2, -0.15) is 0 Å². The maximum absolute atomic E-state index is 10.1. The Morgan fingerprint density at radius 1 is 1.19 bits per heavy atom. The minimum atomic E-state index is -0.315. The quantitative estimate of drug-likeness (QED) is 0.904. The van der Waals surface area contributed by atoms with Gasteiger partial charge < -0.3 is 14.6 Å². The number of aryl methyl sites for hydroxylation is 1. The van der Waals surface area contributed by atoms with Crippen LogP contribution in [0.15, 0.2) is 18.2 Å². The molecule has 1 saturated carbocycles. The first-order valence-corrected chi connectivity index (χ1v) is 8.36. The number of benzene rings is 1. The van der Waals surface area contributed by atoms with Gasteiger partial charge in [0.15, 0.2) is 0 Å². The number of ether oxygens (including phenoxy) is 2. The molecule has 1 saturated heterocycles. The maximum Gasteiger partial charge on any atom is 0.120 e. The van der Waals surface area contributed by atoms with Crippen LogP contribution in [0.3, 0.4) is 0 Å². The van der Waals surface area contributed by atoms with Crippen LogP contribution in [0.1, 0.15) is 62.2 Å². The van der Waals surface area contributed by atoms with Crippen LogP contribution in [-0.4, -0.2) is 23.4 Å². The second kappa shape index (κ2) is 5.29. The van der Waals surface area contributed by atoms with Crippen molar-refractivity contribution in [1.82, 2.24) is 0 Å². The van der Waals surface area contributed by atoms with E-state index < -0.39 is 0 Å². The van der Waals surface area contributed by atoms with Gasteiger partial charge in [0.2, 0.25) is 0 Å². The fourth-order valence-corrected chi connectivity index (χ4v) is 4.02. The van der Waals surface area contributed by atoms with Crippen molar-refractivity contribution in [2.45, 2.75) is 69.2 Å². The lowest BCUT2D eigenvalue weighted by Crippen LogP contribution is -2.48. The molecule has 1 aliphatic heterocycles. The molecule has 0 amide bonds. The summed E-state index contributed by atoms with van der Waals surface area (Å²) in [5.74, 6) is 0.913. The van der Waals surface area contributed by atoms with E-state index in [9.17, 15) is 5.11 Å². The molecule has 1 aromatic carbocycles. The normalized spacial score (nSPS) is 30.5. The van der Waals surface area contributed by atoms with Gasteiger partial charge >= 0.3 is 0 Å². The van der Waals surface area contributed by atoms with Crippen LogP contribution in [0.4, 0.5) is 0 Å². The van der Waals surface area contributed by atoms with Crippen LogP contribution >= 0.6 is 0 Å². The van der Waals surface area contributed by atoms with E-state index >= 15 is 0 Å². The van der Waals surface area contributed by atoms with Crippen LogP contribution in [0.5, 0.6) is 5.75 Å². The second-order valence-electron chi connectivity index (χ2n) is 6.89. The van der Waals surface area contributed by atoms with Gasteiger partial charge in [-0.3, -0.25) is 0 Å². The number of rotatable bonds is 2. The largest absolute Gasteiger partial charge is 0.490 e. The van der Waals surface area contributed by atoms with Crippen molar-refractivity contribution < 1.29 is 14.6 Å². The monoisotopic (exact) mass is 288 g/mol. The molecular formula is C18H24O3. The number of aliphatic hydroxyl groups excluding tert-OH is 1. The highest BCUT2D eigenvalue weighted by Gasteiger charge is 2.43. The van der Waals surface area contributed by atoms with Crippen molar-refractivity contribution in [1.29, 1.82) is 0 Å². The zero-order valence-corrected chi connectivity index (χ0v) is 12.5. The van der Waals surface area contributed by atoms with E-state index in [4.69, 9.17) is 9.47 Å². The molecule has 3 nitrogen and oxygen atoms in total. The third-order valence-electron chi connectivity index (χ3n) is 5.42. The molecule has 1 aromatic rings. The Labute approximate surface area is 126 Å². The summed E-state index contributed by atoms with van der Waals surface area (Å²) in [6, 6.07) is 6.26. The summed E-state index contributed by atoms with van der Waals surface area (Å²) >= 11 is 0. The molecule has 2 unspecified atom stereocenters. The summed E-state index contributed by atoms with van der Waals surface area (Å²) in [5.41, 5.74) is 2.48. The average molecular weight is 288 g/mol. The first kappa shape index (κ1) is 13.6. The lowest BCUT2D eigenvalue weighted by molar-refractivity contribution is -0.153. The Kier molecular flexibility index (Phi) is 3.43. The zero-order chi connectivity index (χ0) is 14.3. The summed E-state index contributed by atoms with van der Waals surface area (Å²) in [7, 11) is 0. The van der Waals surface area contributed by atoms with Crippen molar-refractivity contribution in [3.05, 3.63) is 29.3 Å². The molecule has 2 fully saturated rings. The summed E-state index contributed by atoms with van der Waals surface area (Å²) in [5, 5.41) is 10.1. The molecule has 1 spiro atoms. The van der Waals surface area contributed by atoms with E-state index in [0.29, 0.717) is 0 Å². The molecule has 21 heavy (non-hydrogen) atoms. The molecular weight excluding hydrogens is 264 g/mol. The highest BCUT2D eigenvalue weighted by molar-refractivity contribution is 5.38. The number of fused-ring (bicyclic) bond motifs is 1. The number of aliphatic hydroxyl groups is 1. The van der Waals surface area contributed by atoms with Crippen molar-refractivity contribution in [3.63, 3.8) is 0 Å². The first-order valence-electron chi connectivity index (χ1n) is 8.36. The Morgan fingerprint density at radius 2 is 2.10 bits per heavy atom. The van der Waals surface area contributed by atoms with Crippen molar-refractivity contribution in [2.75, 3.05) is 6.61 Å². The molecule has 3 aliphatic rings. The molecule has 3 heteroatoms. The van der Waals surface area contributed by atoms with Crippen molar-refractivity contribution in [2.24, 2.45) is 0 Å². The maximum atomic E-state index is 10.1. The minimum absolute atomic E-state index is 0.122. The molecule has 0 aromatic heterocycles. The van der Waals surface area contributed by atoms with Gasteiger partial charge in [0.1, 0.15) is 11.9 Å². The molecule has 2 aliphatic carbocycles. The molecule has 1 heterocycles. The summed E-state index contributed by atoms with van der Waals surface area (Å²) < 4.78 is 12.2. The van der Waals surface area contributed by atoms with Crippen molar-refractivity contribution in [3.8, 4) is 5.75 Å². The van der Waals surface area contributed by atoms with Gasteiger partial charge in [-0.25, -0.2) is 0 Å². The molecule has 0 bridgehead atoms. The molecule has 1 N–H and O–H groups in total. The van der Waals surface area contributed by atoms with Crippen molar-refractivity contribution >= 4 is 0 Å². The Morgan fingerprint density at radius 3 is 2.90 bits per heavy atom. The topological polar surface area (TPSA) is 38.7 Å². The second-order valence-corrected chi connectivity index (χ2v) is 6.89. The van der Waals surface area contributed by atoms with E-state index in [-0.39, 0.29) is 17.8 Å². The van der Waals surface area contributed by atoms with E-state index in [1.807, 2.05) is 0 Å². The standard InChI is InChI=1S/C18H24O3/c19-17-4-1-3-13-5-6-14(11-16(13)17)21-15-7-10-20-18(12-15)8-2-9-18/h5-6,11,15,17,19H,1-4,7-10,12H2. The van der Waals surface area contributed by atoms with E-state index in [0.717, 1.165) is 50.0 Å². The lowest BCUT2D eigenvalue weighted by atomic mass is 9.74. The van der Waals surface area contributed by atoms with Crippen LogP contribution in [-0.2, 0) is 11.2 Å². The zero-order valence-electron chi connectivity index (χ0n) is 12.5. The Bertz CT molecular complexity index is 521. The lowest BCUT2D eigenvalue weighted by Gasteiger charge is -2.46. The third kappa shape index (κ3) is 2.58. The smallest absolute Gasteiger partial charge is 0.120 e. The molecule has 114 valence electrons. The predicted octanol–water partition coefficient (Wildman–Crippen LogP) is 3.54. The van der Waals surface area contributed by atoms with Gasteiger partial charge in [-0.15, -0.1) is 0 Å². The van der Waals surface area contributed by atoms with Crippen LogP contribution in [0.25, 0.3) is 0 Å². The van der Waals surface area contributed by atoms with Crippen LogP contribution in [0, 0.1) is 0 Å². The predicted molar refractivity (Wildman–Crippen MR) is 80.5 cm³/mol. The fraction of sp³-hybridized carbons (Fsp3) is 0.667. The van der Waals surface area contributed by atoms with Gasteiger partial charge in [0.25, 0.3) is 0 Å². The van der Waals surface area contributed by atoms with Gasteiger partial charge in [-0.05, 0) is 61.8 Å². The average Bonchev–Trinajstić information content (AvgIpc) is 2.47. The third-order valence-corrected chi connectivity index (χ3v) is 5.42. The highest BCUT2D eigenvalue weighted by Crippen LogP contribution is 2.43. The Balaban J connectivity index is 1.48. The molecule has 0 radical (unpaired) electrons. The number of hydrogen-bond acceptors (Lipinski definition) is 3. The summed E-state index contributed by atoms with van der Waals surface area (Å²) in [4.78, 5) is 0. The molecule has 4 rings (SSSR count). The van der Waals surface area contributed by atoms with E-state index in [1.165, 1.54) is 24.8 Å². The summed E-state index contributed by atoms with van der Waals surface area (Å²) in [6.45, 7) is 0.818. The van der Waals surface area contributed by atoms with E-state index in [2.05, 4.69) is 18.2 Å². The highest BCUT2D eigenvalue weighted by atomic mass is 16.5. The van der Waals surface area contributed by atoms with Crippen LogP contribution < -0.4 is 4.74 Å². The van der Waals surface area contributed by atoms with Gasteiger partial charge in [-0.1, -0.05) is 6.07 Å². The number of hydrogen-bond donors (Lipinski definition) is 1. The SMILES string of the molecule is OC1CCCc2ccc(OC3CCOC4(CCC4)C3)cc21. The first-order chi connectivity index (χ1) is 10.2.